The third-order valence-electron chi connectivity index (χ3n) is 3.80. The van der Waals surface area contributed by atoms with E-state index in [4.69, 9.17) is 0 Å². The number of ether oxygens (including phenoxy) is 1. The molecule has 0 heterocycles. The molecule has 0 aliphatic heterocycles. The molecule has 0 aliphatic rings. The molecule has 10 heteroatoms. The van der Waals surface area contributed by atoms with Crippen LogP contribution in [0.2, 0.25) is 0 Å². The second kappa shape index (κ2) is 10.2. The molecule has 5 nitrogen and oxygen atoms in total. The van der Waals surface area contributed by atoms with E-state index < -0.39 is 48.2 Å². The first-order valence-corrected chi connectivity index (χ1v) is 8.11. The number of carbonyl (C=O) groups is 2. The van der Waals surface area contributed by atoms with Gasteiger partial charge in [-0.1, -0.05) is 12.1 Å². The molecule has 0 bridgehead atoms. The summed E-state index contributed by atoms with van der Waals surface area (Å²) in [6, 6.07) is 2.36. The van der Waals surface area contributed by atoms with E-state index in [1.54, 1.807) is 0 Å². The van der Waals surface area contributed by atoms with Gasteiger partial charge in [0.05, 0.1) is 13.7 Å². The number of methoxy groups -OCH3 is 1. The molecular weight excluding hydrogens is 375 g/mol. The Hall–Kier alpha value is -2.23. The molecule has 152 valence electrons. The van der Waals surface area contributed by atoms with Crippen LogP contribution in [0.1, 0.15) is 31.2 Å². The van der Waals surface area contributed by atoms with Gasteiger partial charge in [-0.05, 0) is 30.4 Å². The fourth-order valence-corrected chi connectivity index (χ4v) is 2.60. The summed E-state index contributed by atoms with van der Waals surface area (Å²) < 4.78 is 69.2. The summed E-state index contributed by atoms with van der Waals surface area (Å²) in [7, 11) is 1.12. The highest BCUT2D eigenvalue weighted by Crippen LogP contribution is 2.26. The van der Waals surface area contributed by atoms with Gasteiger partial charge in [0.25, 0.3) is 0 Å². The second-order valence-electron chi connectivity index (χ2n) is 5.94. The summed E-state index contributed by atoms with van der Waals surface area (Å²) in [4.78, 5) is 22.9. The van der Waals surface area contributed by atoms with Crippen molar-refractivity contribution in [1.82, 2.24) is 10.6 Å². The Balaban J connectivity index is 2.94. The van der Waals surface area contributed by atoms with Crippen LogP contribution >= 0.6 is 0 Å². The standard InChI is InChI=1S/C17H21F5N2O3/c1-10(25)24-14(16(26)27-2)7-6-11(8-23-9-17(20,21)22)12-4-3-5-13(18)15(12)19/h3-5,11,14,23H,6-9H2,1-2H3,(H,24,25)/t11-,14?/m1/s1. The number of amides is 1. The van der Waals surface area contributed by atoms with Crippen molar-refractivity contribution < 1.29 is 36.3 Å². The van der Waals surface area contributed by atoms with E-state index in [2.05, 4.69) is 15.4 Å². The quantitative estimate of drug-likeness (QED) is 0.498. The summed E-state index contributed by atoms with van der Waals surface area (Å²) >= 11 is 0. The van der Waals surface area contributed by atoms with Gasteiger partial charge >= 0.3 is 12.1 Å². The van der Waals surface area contributed by atoms with Gasteiger partial charge in [-0.2, -0.15) is 13.2 Å². The first-order valence-electron chi connectivity index (χ1n) is 8.11. The van der Waals surface area contributed by atoms with Gasteiger partial charge in [-0.3, -0.25) is 4.79 Å². The molecular formula is C17H21F5N2O3. The summed E-state index contributed by atoms with van der Waals surface area (Å²) in [5, 5.41) is 4.52. The van der Waals surface area contributed by atoms with Crippen LogP contribution in [0, 0.1) is 11.6 Å². The fourth-order valence-electron chi connectivity index (χ4n) is 2.60. The molecule has 0 saturated carbocycles. The first-order chi connectivity index (χ1) is 12.5. The number of carbonyl (C=O) groups excluding carboxylic acids is 2. The van der Waals surface area contributed by atoms with Gasteiger partial charge in [0.15, 0.2) is 11.6 Å². The van der Waals surface area contributed by atoms with E-state index >= 15 is 0 Å². The summed E-state index contributed by atoms with van der Waals surface area (Å²) in [5.41, 5.74) is -0.115. The van der Waals surface area contributed by atoms with Gasteiger partial charge < -0.3 is 15.4 Å². The number of esters is 1. The fraction of sp³-hybridized carbons (Fsp3) is 0.529. The topological polar surface area (TPSA) is 67.4 Å². The molecule has 1 unspecified atom stereocenters. The molecule has 0 fully saturated rings. The Bertz CT molecular complexity index is 652. The van der Waals surface area contributed by atoms with Crippen LogP contribution in [0.5, 0.6) is 0 Å². The van der Waals surface area contributed by atoms with Crippen molar-refractivity contribution in [1.29, 1.82) is 0 Å². The summed E-state index contributed by atoms with van der Waals surface area (Å²) in [6.07, 6.45) is -4.48. The lowest BCUT2D eigenvalue weighted by Gasteiger charge is -2.22. The van der Waals surface area contributed by atoms with Gasteiger partial charge in [0.1, 0.15) is 6.04 Å². The van der Waals surface area contributed by atoms with E-state index in [9.17, 15) is 31.5 Å². The van der Waals surface area contributed by atoms with Gasteiger partial charge in [0.2, 0.25) is 5.91 Å². The monoisotopic (exact) mass is 396 g/mol. The lowest BCUT2D eigenvalue weighted by Crippen LogP contribution is -2.41. The number of hydrogen-bond donors (Lipinski definition) is 2. The average Bonchev–Trinajstić information content (AvgIpc) is 2.57. The predicted molar refractivity (Wildman–Crippen MR) is 86.9 cm³/mol. The zero-order valence-corrected chi connectivity index (χ0v) is 14.8. The van der Waals surface area contributed by atoms with Gasteiger partial charge in [-0.25, -0.2) is 13.6 Å². The Labute approximate surface area is 153 Å². The molecule has 0 aromatic heterocycles. The van der Waals surface area contributed by atoms with Crippen LogP contribution in [0.3, 0.4) is 0 Å². The second-order valence-corrected chi connectivity index (χ2v) is 5.94. The number of nitrogens with one attached hydrogen (secondary N) is 2. The minimum absolute atomic E-state index is 0.00524. The van der Waals surface area contributed by atoms with Crippen molar-refractivity contribution in [3.05, 3.63) is 35.4 Å². The minimum atomic E-state index is -4.46. The number of benzene rings is 1. The molecule has 0 radical (unpaired) electrons. The lowest BCUT2D eigenvalue weighted by molar-refractivity contribution is -0.145. The van der Waals surface area contributed by atoms with E-state index in [-0.39, 0.29) is 24.9 Å². The van der Waals surface area contributed by atoms with Gasteiger partial charge in [-0.15, -0.1) is 0 Å². The number of rotatable bonds is 9. The molecule has 0 spiro atoms. The largest absolute Gasteiger partial charge is 0.467 e. The van der Waals surface area contributed by atoms with Crippen molar-refractivity contribution in [2.75, 3.05) is 20.2 Å². The van der Waals surface area contributed by atoms with E-state index in [1.165, 1.54) is 19.1 Å². The minimum Gasteiger partial charge on any atom is -0.467 e. The summed E-state index contributed by atoms with van der Waals surface area (Å²) in [5.74, 6) is -4.39. The Morgan fingerprint density at radius 2 is 1.85 bits per heavy atom. The zero-order valence-electron chi connectivity index (χ0n) is 14.8. The summed E-state index contributed by atoms with van der Waals surface area (Å²) in [6.45, 7) is -0.412. The van der Waals surface area contributed by atoms with Crippen LogP contribution < -0.4 is 10.6 Å². The van der Waals surface area contributed by atoms with Gasteiger partial charge in [0, 0.05) is 13.5 Å². The normalized spacial score (nSPS) is 13.7. The maximum atomic E-state index is 14.1. The lowest BCUT2D eigenvalue weighted by atomic mass is 9.91. The molecule has 2 N–H and O–H groups in total. The molecule has 27 heavy (non-hydrogen) atoms. The van der Waals surface area contributed by atoms with Crippen molar-refractivity contribution in [3.8, 4) is 0 Å². The molecule has 1 aromatic carbocycles. The maximum Gasteiger partial charge on any atom is 0.401 e. The van der Waals surface area contributed by atoms with Crippen LogP contribution in [0.4, 0.5) is 22.0 Å². The van der Waals surface area contributed by atoms with Crippen molar-refractivity contribution in [2.24, 2.45) is 0 Å². The molecule has 1 aromatic rings. The van der Waals surface area contributed by atoms with Crippen molar-refractivity contribution in [3.63, 3.8) is 0 Å². The highest BCUT2D eigenvalue weighted by Gasteiger charge is 2.28. The molecule has 2 atom stereocenters. The Morgan fingerprint density at radius 1 is 1.19 bits per heavy atom. The highest BCUT2D eigenvalue weighted by molar-refractivity contribution is 5.83. The zero-order chi connectivity index (χ0) is 20.6. The number of hydrogen-bond acceptors (Lipinski definition) is 4. The van der Waals surface area contributed by atoms with E-state index in [0.29, 0.717) is 0 Å². The third-order valence-corrected chi connectivity index (χ3v) is 3.80. The third kappa shape index (κ3) is 7.90. The van der Waals surface area contributed by atoms with Crippen LogP contribution in [0.15, 0.2) is 18.2 Å². The SMILES string of the molecule is COC(=O)C(CC[C@H](CNCC(F)(F)F)c1cccc(F)c1F)NC(C)=O. The molecule has 0 aliphatic carbocycles. The highest BCUT2D eigenvalue weighted by atomic mass is 19.4. The van der Waals surface area contributed by atoms with Crippen LogP contribution in [-0.4, -0.2) is 44.3 Å². The Morgan fingerprint density at radius 3 is 2.41 bits per heavy atom. The average molecular weight is 396 g/mol. The maximum absolute atomic E-state index is 14.1. The number of alkyl halides is 3. The Kier molecular flexibility index (Phi) is 8.61. The van der Waals surface area contributed by atoms with E-state index in [0.717, 1.165) is 13.2 Å². The van der Waals surface area contributed by atoms with Crippen LogP contribution in [0.25, 0.3) is 0 Å². The van der Waals surface area contributed by atoms with Crippen LogP contribution in [-0.2, 0) is 14.3 Å². The number of halogens is 5. The van der Waals surface area contributed by atoms with Crippen molar-refractivity contribution >= 4 is 11.9 Å². The van der Waals surface area contributed by atoms with Crippen molar-refractivity contribution in [2.45, 2.75) is 37.9 Å². The first kappa shape index (κ1) is 22.8. The smallest absolute Gasteiger partial charge is 0.401 e. The molecule has 1 amide bonds. The predicted octanol–water partition coefficient (Wildman–Crippen LogP) is 2.66. The van der Waals surface area contributed by atoms with E-state index in [1.807, 2.05) is 0 Å². The molecule has 1 rings (SSSR count). The molecule has 0 saturated heterocycles.